The number of H-pyrrole nitrogens is 2. The number of fused-ring (bicyclic) bond motifs is 2. The second-order valence-electron chi connectivity index (χ2n) is 19.4. The Kier molecular flexibility index (Phi) is 15.6. The number of amides is 2. The van der Waals surface area contributed by atoms with E-state index in [1.54, 1.807) is 36.4 Å². The van der Waals surface area contributed by atoms with E-state index in [4.69, 9.17) is 9.47 Å². The summed E-state index contributed by atoms with van der Waals surface area (Å²) in [6.45, 7) is 6.33. The van der Waals surface area contributed by atoms with E-state index in [0.29, 0.717) is 101 Å². The summed E-state index contributed by atoms with van der Waals surface area (Å²) < 4.78 is 98.5. The summed E-state index contributed by atoms with van der Waals surface area (Å²) in [4.78, 5) is 54.9. The number of ketones is 1. The maximum Gasteiger partial charge on any atom is 0.573 e. The molecule has 2 aromatic heterocycles. The molecule has 6 aromatic rings. The number of piperazine rings is 2. The van der Waals surface area contributed by atoms with Crippen LogP contribution < -0.4 is 18.9 Å². The Morgan fingerprint density at radius 2 is 0.855 bits per heavy atom. The summed E-state index contributed by atoms with van der Waals surface area (Å²) in [5, 5.41) is 21.3. The van der Waals surface area contributed by atoms with Crippen LogP contribution in [0.15, 0.2) is 84.9 Å². The van der Waals surface area contributed by atoms with Crippen molar-refractivity contribution in [3.05, 3.63) is 96.1 Å². The number of aromatic amines is 2. The second kappa shape index (κ2) is 22.6. The number of benzene rings is 4. The van der Waals surface area contributed by atoms with Crippen molar-refractivity contribution in [3.8, 4) is 23.0 Å². The molecule has 6 heterocycles. The van der Waals surface area contributed by atoms with Crippen molar-refractivity contribution in [2.24, 2.45) is 0 Å². The zero-order chi connectivity index (χ0) is 53.0. The van der Waals surface area contributed by atoms with E-state index in [9.17, 15) is 35.9 Å². The Morgan fingerprint density at radius 3 is 1.21 bits per heavy atom. The van der Waals surface area contributed by atoms with Gasteiger partial charge in [-0.25, -0.2) is 0 Å². The molecule has 404 valence electrons. The van der Waals surface area contributed by atoms with Crippen LogP contribution in [0.25, 0.3) is 22.1 Å². The van der Waals surface area contributed by atoms with Crippen LogP contribution in [0.3, 0.4) is 0 Å². The van der Waals surface area contributed by atoms with Crippen molar-refractivity contribution in [2.45, 2.75) is 62.6 Å². The lowest BCUT2D eigenvalue weighted by Gasteiger charge is -2.46. The number of halogens is 6. The van der Waals surface area contributed by atoms with Crippen LogP contribution in [0.4, 0.5) is 26.3 Å². The Labute approximate surface area is 431 Å². The number of hydrogen-bond acceptors (Lipinski definition) is 15. The van der Waals surface area contributed by atoms with Crippen molar-refractivity contribution in [1.29, 1.82) is 0 Å². The smallest absolute Gasteiger partial charge is 0.491 e. The van der Waals surface area contributed by atoms with Crippen LogP contribution in [-0.2, 0) is 4.79 Å². The molecule has 76 heavy (non-hydrogen) atoms. The van der Waals surface area contributed by atoms with Crippen LogP contribution in [0.5, 0.6) is 23.0 Å². The van der Waals surface area contributed by atoms with Gasteiger partial charge in [-0.3, -0.25) is 44.2 Å². The fourth-order valence-corrected chi connectivity index (χ4v) is 10.8. The van der Waals surface area contributed by atoms with Crippen LogP contribution >= 0.6 is 0 Å². The van der Waals surface area contributed by atoms with Crippen LogP contribution in [0.2, 0.25) is 0 Å². The summed E-state index contributed by atoms with van der Waals surface area (Å²) in [6.07, 6.45) is -6.76. The number of carbonyl (C=O) groups excluding carboxylic acids is 3. The lowest BCUT2D eigenvalue weighted by molar-refractivity contribution is -0.275. The quantitative estimate of drug-likeness (QED) is 0.113. The first-order valence-electron chi connectivity index (χ1n) is 25.3. The predicted molar refractivity (Wildman–Crippen MR) is 262 cm³/mol. The molecule has 0 bridgehead atoms. The highest BCUT2D eigenvalue weighted by atomic mass is 19.4. The van der Waals surface area contributed by atoms with Crippen LogP contribution in [-0.4, -0.2) is 206 Å². The van der Waals surface area contributed by atoms with E-state index >= 15 is 4.79 Å². The van der Waals surface area contributed by atoms with Gasteiger partial charge < -0.3 is 28.7 Å². The van der Waals surface area contributed by atoms with Crippen molar-refractivity contribution in [3.63, 3.8) is 0 Å². The minimum atomic E-state index is -4.89. The third-order valence-corrected chi connectivity index (χ3v) is 14.8. The van der Waals surface area contributed by atoms with Gasteiger partial charge in [-0.1, -0.05) is 10.4 Å². The lowest BCUT2D eigenvalue weighted by atomic mass is 9.98. The zero-order valence-corrected chi connectivity index (χ0v) is 41.2. The molecule has 2 unspecified atom stereocenters. The van der Waals surface area contributed by atoms with Gasteiger partial charge >= 0.3 is 12.7 Å². The minimum absolute atomic E-state index is 0.0718. The molecule has 25 heteroatoms. The third-order valence-electron chi connectivity index (χ3n) is 14.8. The molecule has 2 N–H and O–H groups in total. The number of carbonyl (C=O) groups is 3. The number of piperidine rings is 2. The van der Waals surface area contributed by atoms with Crippen LogP contribution in [0, 0.1) is 0 Å². The number of likely N-dealkylation sites (tertiary alicyclic amines) is 2. The predicted octanol–water partition coefficient (Wildman–Crippen LogP) is 5.64. The monoisotopic (exact) mass is 1060 g/mol. The molecule has 10 rings (SSSR count). The van der Waals surface area contributed by atoms with E-state index < -0.39 is 36.3 Å². The molecule has 0 aliphatic carbocycles. The molecule has 4 saturated heterocycles. The Morgan fingerprint density at radius 1 is 0.500 bits per heavy atom. The van der Waals surface area contributed by atoms with Gasteiger partial charge in [0.25, 0.3) is 11.8 Å². The molecular formula is C51H56F6N12O7. The van der Waals surface area contributed by atoms with E-state index in [0.717, 1.165) is 61.0 Å². The van der Waals surface area contributed by atoms with E-state index in [1.807, 2.05) is 9.80 Å². The molecule has 4 aromatic carbocycles. The van der Waals surface area contributed by atoms with Crippen LogP contribution in [0.1, 0.15) is 46.4 Å². The molecule has 2 atom stereocenters. The topological polar surface area (TPSA) is 191 Å². The SMILES string of the molecule is O=C(C(COc1ccc(OC(F)(F)F)cc1)N1CCN(C2CCN(C(=O)c3ccc4[nH]nnc4c3)CC2)CC1)C(COc1ccc(OC(F)(F)F)cc1)N1CCN(C2CCN(C(=O)c3ccc4[nH]nnc4c3)CC2)CC1. The van der Waals surface area contributed by atoms with Crippen molar-refractivity contribution < 1.29 is 59.7 Å². The van der Waals surface area contributed by atoms with E-state index in [2.05, 4.69) is 59.9 Å². The highest BCUT2D eigenvalue weighted by Crippen LogP contribution is 2.29. The number of aromatic nitrogens is 6. The zero-order valence-electron chi connectivity index (χ0n) is 41.2. The third kappa shape index (κ3) is 12.8. The Balaban J connectivity index is 0.816. The van der Waals surface area contributed by atoms with Gasteiger partial charge in [0.15, 0.2) is 5.78 Å². The maximum atomic E-state index is 15.4. The van der Waals surface area contributed by atoms with Gasteiger partial charge in [0.05, 0.1) is 11.0 Å². The molecule has 4 aliphatic rings. The second-order valence-corrected chi connectivity index (χ2v) is 19.4. The summed E-state index contributed by atoms with van der Waals surface area (Å²) >= 11 is 0. The van der Waals surface area contributed by atoms with Gasteiger partial charge in [-0.15, -0.1) is 36.5 Å². The Hall–Kier alpha value is -7.09. The molecular weight excluding hydrogens is 1010 g/mol. The van der Waals surface area contributed by atoms with Crippen molar-refractivity contribution >= 4 is 39.7 Å². The van der Waals surface area contributed by atoms with E-state index in [1.165, 1.54) is 24.3 Å². The molecule has 0 radical (unpaired) electrons. The Bertz CT molecular complexity index is 2730. The van der Waals surface area contributed by atoms with Gasteiger partial charge in [0.1, 0.15) is 59.3 Å². The summed E-state index contributed by atoms with van der Waals surface area (Å²) in [7, 11) is 0. The first kappa shape index (κ1) is 52.4. The summed E-state index contributed by atoms with van der Waals surface area (Å²) in [6, 6.07) is 19.2. The molecule has 0 saturated carbocycles. The number of Topliss-reactive ketones (excluding diaryl/α,β-unsaturated/α-hetero) is 1. The fourth-order valence-electron chi connectivity index (χ4n) is 10.8. The van der Waals surface area contributed by atoms with Gasteiger partial charge in [0.2, 0.25) is 0 Å². The van der Waals surface area contributed by atoms with Gasteiger partial charge in [-0.05, 0) is 111 Å². The molecule has 4 aliphatic heterocycles. The summed E-state index contributed by atoms with van der Waals surface area (Å²) in [5.74, 6) is -0.778. The average Bonchev–Trinajstić information content (AvgIpc) is 4.11. The molecule has 4 fully saturated rings. The maximum absolute atomic E-state index is 15.4. The number of alkyl halides is 6. The minimum Gasteiger partial charge on any atom is -0.491 e. The fraction of sp³-hybridized carbons (Fsp3) is 0.471. The van der Waals surface area contributed by atoms with Crippen molar-refractivity contribution in [2.75, 3.05) is 91.8 Å². The van der Waals surface area contributed by atoms with Crippen molar-refractivity contribution in [1.82, 2.24) is 60.2 Å². The standard InChI is InChI=1S/C51H56F6N12O7/c52-50(53,54)75-39-7-3-37(4-8-39)73-31-45(66-25-21-64(22-26-66)35-13-17-68(18-14-35)48(71)33-1-11-41-43(29-33)60-62-58-41)47(70)46(32-74-38-5-9-40(10-6-38)76-51(55,56)57)67-27-23-65(24-28-67)36-15-19-69(20-16-36)49(72)34-2-12-42-44(30-34)61-63-59-42/h1-12,29-30,35-36,45-46H,13-28,31-32H2,(H,58,60,62)(H,59,61,63). The first-order chi connectivity index (χ1) is 36.6. The average molecular weight is 1060 g/mol. The number of ether oxygens (including phenoxy) is 4. The van der Waals surface area contributed by atoms with Gasteiger partial charge in [0, 0.05) is 102 Å². The molecule has 19 nitrogen and oxygen atoms in total. The number of hydrogen-bond donors (Lipinski definition) is 2. The largest absolute Gasteiger partial charge is 0.573 e. The normalized spacial score (nSPS) is 19.2. The molecule has 2 amide bonds. The molecule has 0 spiro atoms. The highest BCUT2D eigenvalue weighted by molar-refractivity contribution is 5.98. The van der Waals surface area contributed by atoms with Gasteiger partial charge in [-0.2, -0.15) is 0 Å². The lowest BCUT2D eigenvalue weighted by Crippen LogP contribution is -2.63. The van der Waals surface area contributed by atoms with E-state index in [-0.39, 0.29) is 54.4 Å². The number of nitrogens with one attached hydrogen (secondary N) is 2. The first-order valence-corrected chi connectivity index (χ1v) is 25.3. The summed E-state index contributed by atoms with van der Waals surface area (Å²) in [5.41, 5.74) is 3.80. The highest BCUT2D eigenvalue weighted by Gasteiger charge is 2.41. The number of rotatable bonds is 16. The number of nitrogens with zero attached hydrogens (tertiary/aromatic N) is 10.